The van der Waals surface area contributed by atoms with Crippen molar-refractivity contribution >= 4 is 35.0 Å². The Morgan fingerprint density at radius 1 is 1.00 bits per heavy atom. The number of hydrogen-bond acceptors (Lipinski definition) is 4. The van der Waals surface area contributed by atoms with E-state index in [0.717, 1.165) is 12.5 Å². The van der Waals surface area contributed by atoms with Crippen LogP contribution in [-0.4, -0.2) is 61.5 Å². The molecule has 0 radical (unpaired) electrons. The molecule has 0 aliphatic carbocycles. The Kier molecular flexibility index (Phi) is 7.62. The lowest BCUT2D eigenvalue weighted by molar-refractivity contribution is 0.0535. The average molecular weight is 469 g/mol. The summed E-state index contributed by atoms with van der Waals surface area (Å²) in [6, 6.07) is 6.85. The molecular formula is C22H23Cl2FN2O4. The number of carbonyl (C=O) groups is 2. The van der Waals surface area contributed by atoms with E-state index in [-0.39, 0.29) is 22.4 Å². The largest absolute Gasteiger partial charge is 0.493 e. The first-order chi connectivity index (χ1) is 14.8. The maximum atomic E-state index is 13.2. The van der Waals surface area contributed by atoms with Crippen molar-refractivity contribution in [3.05, 3.63) is 57.3 Å². The second kappa shape index (κ2) is 10.2. The SMILES string of the molecule is CCCOc1c(Cl)cc(C(=O)N2CCN(C(=O)c3ccc(F)cc3Cl)CC2)cc1OC. The fourth-order valence-corrected chi connectivity index (χ4v) is 3.83. The fourth-order valence-electron chi connectivity index (χ4n) is 3.32. The molecule has 1 aliphatic heterocycles. The minimum Gasteiger partial charge on any atom is -0.493 e. The summed E-state index contributed by atoms with van der Waals surface area (Å²) in [4.78, 5) is 28.9. The highest BCUT2D eigenvalue weighted by Gasteiger charge is 2.27. The highest BCUT2D eigenvalue weighted by Crippen LogP contribution is 2.37. The van der Waals surface area contributed by atoms with E-state index in [1.807, 2.05) is 6.92 Å². The Balaban J connectivity index is 1.68. The van der Waals surface area contributed by atoms with Gasteiger partial charge in [0, 0.05) is 31.7 Å². The number of amides is 2. The summed E-state index contributed by atoms with van der Waals surface area (Å²) in [5.74, 6) is -0.205. The number of halogens is 3. The zero-order chi connectivity index (χ0) is 22.5. The molecule has 2 aromatic rings. The smallest absolute Gasteiger partial charge is 0.255 e. The van der Waals surface area contributed by atoms with E-state index in [2.05, 4.69) is 0 Å². The van der Waals surface area contributed by atoms with Gasteiger partial charge in [0.05, 0.1) is 29.3 Å². The van der Waals surface area contributed by atoms with Crippen molar-refractivity contribution in [2.75, 3.05) is 39.9 Å². The Hall–Kier alpha value is -2.51. The number of ether oxygens (including phenoxy) is 2. The Morgan fingerprint density at radius 3 is 2.23 bits per heavy atom. The van der Waals surface area contributed by atoms with Crippen LogP contribution in [0.15, 0.2) is 30.3 Å². The van der Waals surface area contributed by atoms with Crippen molar-refractivity contribution in [2.24, 2.45) is 0 Å². The third-order valence-electron chi connectivity index (χ3n) is 4.94. The minimum atomic E-state index is -0.503. The van der Waals surface area contributed by atoms with Gasteiger partial charge in [0.1, 0.15) is 5.82 Å². The second-order valence-corrected chi connectivity index (χ2v) is 7.86. The quantitative estimate of drug-likeness (QED) is 0.624. The molecule has 1 fully saturated rings. The van der Waals surface area contributed by atoms with Crippen LogP contribution in [0.2, 0.25) is 10.0 Å². The minimum absolute atomic E-state index is 0.0654. The number of piperazine rings is 1. The van der Waals surface area contributed by atoms with Crippen molar-refractivity contribution in [3.8, 4) is 11.5 Å². The molecule has 0 aromatic heterocycles. The van der Waals surface area contributed by atoms with Crippen molar-refractivity contribution < 1.29 is 23.5 Å². The van der Waals surface area contributed by atoms with Crippen LogP contribution in [0, 0.1) is 5.82 Å². The molecule has 0 bridgehead atoms. The third kappa shape index (κ3) is 5.22. The van der Waals surface area contributed by atoms with Crippen molar-refractivity contribution in [2.45, 2.75) is 13.3 Å². The molecule has 9 heteroatoms. The van der Waals surface area contributed by atoms with Gasteiger partial charge in [0.2, 0.25) is 0 Å². The van der Waals surface area contributed by atoms with Crippen LogP contribution in [0.3, 0.4) is 0 Å². The van der Waals surface area contributed by atoms with Crippen molar-refractivity contribution in [3.63, 3.8) is 0 Å². The van der Waals surface area contributed by atoms with Crippen LogP contribution in [0.1, 0.15) is 34.1 Å². The van der Waals surface area contributed by atoms with Gasteiger partial charge in [-0.05, 0) is 36.8 Å². The molecule has 31 heavy (non-hydrogen) atoms. The molecule has 6 nitrogen and oxygen atoms in total. The molecule has 0 saturated carbocycles. The van der Waals surface area contributed by atoms with Gasteiger partial charge in [-0.25, -0.2) is 4.39 Å². The number of hydrogen-bond donors (Lipinski definition) is 0. The molecular weight excluding hydrogens is 446 g/mol. The standard InChI is InChI=1S/C22H23Cl2FN2O4/c1-3-10-31-20-18(24)11-14(12-19(20)30-2)21(28)26-6-8-27(9-7-26)22(29)16-5-4-15(25)13-17(16)23/h4-5,11-13H,3,6-10H2,1-2H3. The molecule has 2 aromatic carbocycles. The Labute approximate surface area is 190 Å². The summed E-state index contributed by atoms with van der Waals surface area (Å²) in [7, 11) is 1.49. The first kappa shape index (κ1) is 23.2. The summed E-state index contributed by atoms with van der Waals surface area (Å²) >= 11 is 12.3. The number of rotatable bonds is 6. The van der Waals surface area contributed by atoms with Gasteiger partial charge in [-0.1, -0.05) is 30.1 Å². The molecule has 1 heterocycles. The van der Waals surface area contributed by atoms with Crippen molar-refractivity contribution in [1.29, 1.82) is 0 Å². The van der Waals surface area contributed by atoms with E-state index in [4.69, 9.17) is 32.7 Å². The van der Waals surface area contributed by atoms with Crippen LogP contribution in [-0.2, 0) is 0 Å². The van der Waals surface area contributed by atoms with Gasteiger partial charge in [-0.2, -0.15) is 0 Å². The number of nitrogens with zero attached hydrogens (tertiary/aromatic N) is 2. The lowest BCUT2D eigenvalue weighted by Gasteiger charge is -2.35. The fraction of sp³-hybridized carbons (Fsp3) is 0.364. The van der Waals surface area contributed by atoms with Gasteiger partial charge in [0.25, 0.3) is 11.8 Å². The van der Waals surface area contributed by atoms with Gasteiger partial charge in [-0.15, -0.1) is 0 Å². The molecule has 166 valence electrons. The number of carbonyl (C=O) groups excluding carboxylic acids is 2. The topological polar surface area (TPSA) is 59.1 Å². The summed E-state index contributed by atoms with van der Waals surface area (Å²) < 4.78 is 24.2. The zero-order valence-corrected chi connectivity index (χ0v) is 18.8. The maximum Gasteiger partial charge on any atom is 0.255 e. The van der Waals surface area contributed by atoms with Crippen LogP contribution in [0.5, 0.6) is 11.5 Å². The number of methoxy groups -OCH3 is 1. The zero-order valence-electron chi connectivity index (χ0n) is 17.3. The molecule has 3 rings (SSSR count). The van der Waals surface area contributed by atoms with Crippen LogP contribution < -0.4 is 9.47 Å². The van der Waals surface area contributed by atoms with Gasteiger partial charge in [-0.3, -0.25) is 9.59 Å². The average Bonchev–Trinajstić information content (AvgIpc) is 2.77. The number of benzene rings is 2. The van der Waals surface area contributed by atoms with Crippen LogP contribution in [0.25, 0.3) is 0 Å². The molecule has 1 saturated heterocycles. The van der Waals surface area contributed by atoms with E-state index in [9.17, 15) is 14.0 Å². The molecule has 0 N–H and O–H groups in total. The maximum absolute atomic E-state index is 13.2. The van der Waals surface area contributed by atoms with E-state index in [1.165, 1.54) is 19.2 Å². The van der Waals surface area contributed by atoms with Gasteiger partial charge < -0.3 is 19.3 Å². The summed E-state index contributed by atoms with van der Waals surface area (Å²) in [5, 5.41) is 0.367. The highest BCUT2D eigenvalue weighted by molar-refractivity contribution is 6.34. The van der Waals surface area contributed by atoms with E-state index >= 15 is 0 Å². The molecule has 1 aliphatic rings. The summed E-state index contributed by atoms with van der Waals surface area (Å²) in [6.45, 7) is 3.82. The first-order valence-corrected chi connectivity index (χ1v) is 10.6. The summed E-state index contributed by atoms with van der Waals surface area (Å²) in [6.07, 6.45) is 0.812. The highest BCUT2D eigenvalue weighted by atomic mass is 35.5. The lowest BCUT2D eigenvalue weighted by atomic mass is 10.1. The predicted molar refractivity (Wildman–Crippen MR) is 117 cm³/mol. The van der Waals surface area contributed by atoms with Crippen LogP contribution >= 0.6 is 23.2 Å². The van der Waals surface area contributed by atoms with Gasteiger partial charge >= 0.3 is 0 Å². The molecule has 2 amide bonds. The Morgan fingerprint density at radius 2 is 1.65 bits per heavy atom. The van der Waals surface area contributed by atoms with E-state index in [0.29, 0.717) is 54.9 Å². The van der Waals surface area contributed by atoms with E-state index < -0.39 is 5.82 Å². The lowest BCUT2D eigenvalue weighted by Crippen LogP contribution is -2.50. The summed E-state index contributed by atoms with van der Waals surface area (Å²) in [5.41, 5.74) is 0.620. The molecule has 0 unspecified atom stereocenters. The van der Waals surface area contributed by atoms with Gasteiger partial charge in [0.15, 0.2) is 11.5 Å². The van der Waals surface area contributed by atoms with Crippen LogP contribution in [0.4, 0.5) is 4.39 Å². The molecule has 0 atom stereocenters. The van der Waals surface area contributed by atoms with Crippen molar-refractivity contribution in [1.82, 2.24) is 9.80 Å². The third-order valence-corrected chi connectivity index (χ3v) is 5.54. The Bertz CT molecular complexity index is 978. The van der Waals surface area contributed by atoms with E-state index in [1.54, 1.807) is 21.9 Å². The predicted octanol–water partition coefficient (Wildman–Crippen LogP) is 4.53. The molecule has 0 spiro atoms. The normalized spacial score (nSPS) is 13.8. The monoisotopic (exact) mass is 468 g/mol. The first-order valence-electron chi connectivity index (χ1n) is 9.89. The second-order valence-electron chi connectivity index (χ2n) is 7.05.